The molecular weight excluding hydrogens is 496 g/mol. The fourth-order valence-electron chi connectivity index (χ4n) is 5.12. The highest BCUT2D eigenvalue weighted by Crippen LogP contribution is 2.40. The van der Waals surface area contributed by atoms with Gasteiger partial charge in [0.25, 0.3) is 0 Å². The van der Waals surface area contributed by atoms with Crippen LogP contribution in [0.1, 0.15) is 43.7 Å². The number of hydrogen-bond acceptors (Lipinski definition) is 9. The lowest BCUT2D eigenvalue weighted by Gasteiger charge is -2.23. The molecule has 2 aromatic carbocycles. The van der Waals surface area contributed by atoms with Crippen molar-refractivity contribution in [2.45, 2.75) is 44.6 Å². The van der Waals surface area contributed by atoms with Crippen LogP contribution in [0.3, 0.4) is 0 Å². The third-order valence-electron chi connectivity index (χ3n) is 7.18. The molecule has 0 spiro atoms. The normalized spacial score (nSPS) is 13.7. The Labute approximate surface area is 228 Å². The van der Waals surface area contributed by atoms with Crippen LogP contribution >= 0.6 is 0 Å². The minimum Gasteiger partial charge on any atom is -0.497 e. The van der Waals surface area contributed by atoms with Gasteiger partial charge in [0.1, 0.15) is 5.75 Å². The van der Waals surface area contributed by atoms with Crippen LogP contribution in [0.4, 0.5) is 17.5 Å². The summed E-state index contributed by atoms with van der Waals surface area (Å²) in [5, 5.41) is 6.85. The third kappa shape index (κ3) is 5.79. The second-order valence-corrected chi connectivity index (χ2v) is 9.58. The molecule has 206 valence electrons. The van der Waals surface area contributed by atoms with Gasteiger partial charge in [-0.2, -0.15) is 9.97 Å². The Morgan fingerprint density at radius 2 is 1.59 bits per heavy atom. The fraction of sp³-hybridized carbons (Fsp3) is 0.414. The van der Waals surface area contributed by atoms with Gasteiger partial charge in [-0.1, -0.05) is 31.4 Å². The zero-order valence-electron chi connectivity index (χ0n) is 23.0. The second kappa shape index (κ2) is 12.1. The molecule has 1 aliphatic carbocycles. The monoisotopic (exact) mass is 532 g/mol. The Balaban J connectivity index is 1.46. The zero-order valence-corrected chi connectivity index (χ0v) is 23.0. The molecule has 0 atom stereocenters. The van der Waals surface area contributed by atoms with Crippen molar-refractivity contribution in [2.24, 2.45) is 0 Å². The first-order valence-electron chi connectivity index (χ1n) is 13.3. The van der Waals surface area contributed by atoms with Gasteiger partial charge in [-0.05, 0) is 37.0 Å². The molecule has 39 heavy (non-hydrogen) atoms. The molecule has 5 rings (SSSR count). The minimum absolute atomic E-state index is 0.389. The Hall–Kier alpha value is -4.21. The van der Waals surface area contributed by atoms with Crippen molar-refractivity contribution in [3.8, 4) is 23.0 Å². The van der Waals surface area contributed by atoms with Crippen LogP contribution in [-0.2, 0) is 6.42 Å². The molecule has 2 heterocycles. The Morgan fingerprint density at radius 3 is 2.23 bits per heavy atom. The number of anilines is 3. The number of nitrogens with zero attached hydrogens (tertiary/aromatic N) is 4. The van der Waals surface area contributed by atoms with Crippen LogP contribution in [-0.4, -0.2) is 54.5 Å². The van der Waals surface area contributed by atoms with Gasteiger partial charge in [0.05, 0.1) is 34.8 Å². The number of aromatic nitrogens is 4. The van der Waals surface area contributed by atoms with Gasteiger partial charge in [-0.15, -0.1) is 0 Å². The Morgan fingerprint density at radius 1 is 0.872 bits per heavy atom. The van der Waals surface area contributed by atoms with Crippen molar-refractivity contribution in [2.75, 3.05) is 45.6 Å². The van der Waals surface area contributed by atoms with Crippen molar-refractivity contribution < 1.29 is 18.9 Å². The maximum atomic E-state index is 5.53. The Bertz CT molecular complexity index is 1370. The van der Waals surface area contributed by atoms with Crippen LogP contribution in [0, 0.1) is 0 Å². The molecule has 1 saturated carbocycles. The summed E-state index contributed by atoms with van der Waals surface area (Å²) in [6, 6.07) is 12.2. The highest BCUT2D eigenvalue weighted by molar-refractivity contribution is 5.85. The number of fused-ring (bicyclic) bond motifs is 1. The predicted molar refractivity (Wildman–Crippen MR) is 152 cm³/mol. The predicted octanol–water partition coefficient (Wildman–Crippen LogP) is 5.76. The largest absolute Gasteiger partial charge is 0.497 e. The summed E-state index contributed by atoms with van der Waals surface area (Å²) in [5.41, 5.74) is 3.51. The average molecular weight is 533 g/mol. The summed E-state index contributed by atoms with van der Waals surface area (Å²) in [5.74, 6) is 3.62. The molecule has 2 N–H and O–H groups in total. The number of hydrogen-bond donors (Lipinski definition) is 2. The van der Waals surface area contributed by atoms with E-state index < -0.39 is 0 Å². The van der Waals surface area contributed by atoms with Crippen LogP contribution in [0.2, 0.25) is 0 Å². The zero-order chi connectivity index (χ0) is 27.2. The van der Waals surface area contributed by atoms with E-state index in [-0.39, 0.29) is 0 Å². The van der Waals surface area contributed by atoms with E-state index >= 15 is 0 Å². The number of methoxy groups -OCH3 is 4. The molecular formula is C29H36N6O4. The standard InChI is InChI=1S/C29H36N6O4/c1-36-22-12-10-19(11-13-22)14-15-30-27-25-28(35(18-31-25)21-8-6-5-7-9-21)34-29(33-27)32-20-16-23(37-2)26(39-4)24(17-20)38-3/h10-13,16-18,21H,5-9,14-15H2,1-4H3,(H2,30,32,33,34). The van der Waals surface area contributed by atoms with Crippen molar-refractivity contribution >= 4 is 28.6 Å². The molecule has 0 bridgehead atoms. The Kier molecular flexibility index (Phi) is 8.19. The van der Waals surface area contributed by atoms with Gasteiger partial charge in [-0.25, -0.2) is 4.98 Å². The van der Waals surface area contributed by atoms with Gasteiger partial charge in [0.15, 0.2) is 28.5 Å². The average Bonchev–Trinajstić information content (AvgIpc) is 3.41. The molecule has 0 radical (unpaired) electrons. The summed E-state index contributed by atoms with van der Waals surface area (Å²) in [4.78, 5) is 14.5. The van der Waals surface area contributed by atoms with Crippen LogP contribution in [0.5, 0.6) is 23.0 Å². The lowest BCUT2D eigenvalue weighted by atomic mass is 9.95. The summed E-state index contributed by atoms with van der Waals surface area (Å²) in [6.07, 6.45) is 8.72. The van der Waals surface area contributed by atoms with E-state index in [2.05, 4.69) is 27.3 Å². The number of imidazole rings is 1. The molecule has 2 aromatic heterocycles. The third-order valence-corrected chi connectivity index (χ3v) is 7.18. The highest BCUT2D eigenvalue weighted by Gasteiger charge is 2.21. The second-order valence-electron chi connectivity index (χ2n) is 9.58. The van der Waals surface area contributed by atoms with E-state index in [1.165, 1.54) is 24.8 Å². The number of benzene rings is 2. The quantitative estimate of drug-likeness (QED) is 0.249. The summed E-state index contributed by atoms with van der Waals surface area (Å²) in [7, 11) is 6.45. The summed E-state index contributed by atoms with van der Waals surface area (Å²) < 4.78 is 24.0. The first kappa shape index (κ1) is 26.4. The van der Waals surface area contributed by atoms with E-state index in [0.29, 0.717) is 41.6 Å². The van der Waals surface area contributed by atoms with Crippen LogP contribution in [0.25, 0.3) is 11.2 Å². The van der Waals surface area contributed by atoms with E-state index in [1.807, 2.05) is 30.6 Å². The summed E-state index contributed by atoms with van der Waals surface area (Å²) >= 11 is 0. The molecule has 0 aliphatic heterocycles. The van der Waals surface area contributed by atoms with Crippen molar-refractivity contribution in [1.82, 2.24) is 19.5 Å². The molecule has 0 saturated heterocycles. The van der Waals surface area contributed by atoms with Crippen molar-refractivity contribution in [1.29, 1.82) is 0 Å². The fourth-order valence-corrected chi connectivity index (χ4v) is 5.12. The van der Waals surface area contributed by atoms with Crippen LogP contribution in [0.15, 0.2) is 42.7 Å². The maximum absolute atomic E-state index is 5.53. The molecule has 10 nitrogen and oxygen atoms in total. The molecule has 0 amide bonds. The van der Waals surface area contributed by atoms with E-state index in [4.69, 9.17) is 33.9 Å². The summed E-state index contributed by atoms with van der Waals surface area (Å²) in [6.45, 7) is 0.693. The molecule has 1 fully saturated rings. The molecule has 0 unspecified atom stereocenters. The lowest BCUT2D eigenvalue weighted by molar-refractivity contribution is 0.324. The highest BCUT2D eigenvalue weighted by atomic mass is 16.5. The topological polar surface area (TPSA) is 105 Å². The molecule has 10 heteroatoms. The van der Waals surface area contributed by atoms with E-state index in [0.717, 1.165) is 41.9 Å². The number of rotatable bonds is 11. The minimum atomic E-state index is 0.389. The van der Waals surface area contributed by atoms with Crippen molar-refractivity contribution in [3.05, 3.63) is 48.3 Å². The van der Waals surface area contributed by atoms with Crippen LogP contribution < -0.4 is 29.6 Å². The number of nitrogens with one attached hydrogen (secondary N) is 2. The lowest BCUT2D eigenvalue weighted by Crippen LogP contribution is -2.13. The van der Waals surface area contributed by atoms with E-state index in [1.54, 1.807) is 28.4 Å². The smallest absolute Gasteiger partial charge is 0.231 e. The van der Waals surface area contributed by atoms with Gasteiger partial charge in [0.2, 0.25) is 11.7 Å². The van der Waals surface area contributed by atoms with Gasteiger partial charge in [0, 0.05) is 30.4 Å². The first-order chi connectivity index (χ1) is 19.1. The SMILES string of the molecule is COc1ccc(CCNc2nc(Nc3cc(OC)c(OC)c(OC)c3)nc3c2ncn3C2CCCCC2)cc1. The van der Waals surface area contributed by atoms with Gasteiger partial charge in [-0.3, -0.25) is 0 Å². The number of ether oxygens (including phenoxy) is 4. The maximum Gasteiger partial charge on any atom is 0.231 e. The van der Waals surface area contributed by atoms with E-state index in [9.17, 15) is 0 Å². The van der Waals surface area contributed by atoms with Crippen molar-refractivity contribution in [3.63, 3.8) is 0 Å². The van der Waals surface area contributed by atoms with Gasteiger partial charge < -0.3 is 34.1 Å². The van der Waals surface area contributed by atoms with Gasteiger partial charge >= 0.3 is 0 Å². The molecule has 4 aromatic rings. The molecule has 1 aliphatic rings. The first-order valence-corrected chi connectivity index (χ1v) is 13.3.